The highest BCUT2D eigenvalue weighted by molar-refractivity contribution is 5.93. The Morgan fingerprint density at radius 3 is 2.60 bits per heavy atom. The summed E-state index contributed by atoms with van der Waals surface area (Å²) in [4.78, 5) is 20.9. The molecule has 0 aromatic heterocycles. The maximum atomic E-state index is 13.9. The molecule has 1 aromatic rings. The number of rotatable bonds is 5. The summed E-state index contributed by atoms with van der Waals surface area (Å²) in [6.07, 6.45) is 3.57. The van der Waals surface area contributed by atoms with Crippen LogP contribution in [0.15, 0.2) is 12.1 Å². The number of hydrogen-bond acceptors (Lipinski definition) is 4. The number of nitro benzene ring substituents is 1. The maximum Gasteiger partial charge on any atom is 0.342 e. The van der Waals surface area contributed by atoms with Crippen LogP contribution in [0.2, 0.25) is 0 Å². The summed E-state index contributed by atoms with van der Waals surface area (Å²) in [5, 5.41) is 22.8. The molecule has 108 valence electrons. The molecule has 0 spiro atoms. The van der Waals surface area contributed by atoms with E-state index in [1.807, 2.05) is 6.92 Å². The van der Waals surface area contributed by atoms with Crippen LogP contribution in [0, 0.1) is 15.9 Å². The van der Waals surface area contributed by atoms with Crippen molar-refractivity contribution in [2.75, 3.05) is 5.32 Å². The van der Waals surface area contributed by atoms with Gasteiger partial charge in [-0.1, -0.05) is 6.92 Å². The zero-order chi connectivity index (χ0) is 14.9. The lowest BCUT2D eigenvalue weighted by Crippen LogP contribution is -2.44. The van der Waals surface area contributed by atoms with Gasteiger partial charge in [0.2, 0.25) is 0 Å². The Labute approximate surface area is 114 Å². The van der Waals surface area contributed by atoms with Gasteiger partial charge in [0, 0.05) is 5.54 Å². The normalized spacial score (nSPS) is 16.3. The molecule has 7 heteroatoms. The van der Waals surface area contributed by atoms with E-state index in [9.17, 15) is 19.3 Å². The van der Waals surface area contributed by atoms with Crippen LogP contribution >= 0.6 is 0 Å². The highest BCUT2D eigenvalue weighted by atomic mass is 19.1. The molecule has 0 unspecified atom stereocenters. The van der Waals surface area contributed by atoms with Gasteiger partial charge in [-0.3, -0.25) is 10.1 Å². The predicted octanol–water partition coefficient (Wildman–Crippen LogP) is 3.18. The zero-order valence-corrected chi connectivity index (χ0v) is 11.0. The average Bonchev–Trinajstić information content (AvgIpc) is 2.34. The van der Waals surface area contributed by atoms with Crippen molar-refractivity contribution in [3.8, 4) is 0 Å². The molecule has 0 bridgehead atoms. The van der Waals surface area contributed by atoms with Crippen LogP contribution in [0.5, 0.6) is 0 Å². The number of aromatic carboxylic acids is 1. The molecule has 0 saturated heterocycles. The van der Waals surface area contributed by atoms with E-state index < -0.39 is 28.0 Å². The molecule has 2 rings (SSSR count). The van der Waals surface area contributed by atoms with Crippen LogP contribution < -0.4 is 5.32 Å². The topological polar surface area (TPSA) is 92.5 Å². The second-order valence-electron chi connectivity index (χ2n) is 5.02. The standard InChI is InChI=1S/C13H15FN2O4/c1-2-13(4-3-5-13)15-10-6-8(12(17)18)11(16(19)20)7-9(10)14/h6-7,15H,2-5H2,1H3,(H,17,18). The SMILES string of the molecule is CCC1(Nc2cc(C(=O)O)c([N+](=O)[O-])cc2F)CCC1. The number of halogens is 1. The molecular weight excluding hydrogens is 267 g/mol. The quantitative estimate of drug-likeness (QED) is 0.639. The molecular formula is C13H15FN2O4. The molecule has 0 radical (unpaired) electrons. The third kappa shape index (κ3) is 2.43. The van der Waals surface area contributed by atoms with E-state index in [2.05, 4.69) is 5.32 Å². The van der Waals surface area contributed by atoms with Gasteiger partial charge in [-0.2, -0.15) is 0 Å². The fraction of sp³-hybridized carbons (Fsp3) is 0.462. The predicted molar refractivity (Wildman–Crippen MR) is 70.5 cm³/mol. The number of carboxylic acids is 1. The first-order valence-electron chi connectivity index (χ1n) is 6.38. The van der Waals surface area contributed by atoms with Crippen molar-refractivity contribution < 1.29 is 19.2 Å². The number of carboxylic acid groups (broad SMARTS) is 1. The maximum absolute atomic E-state index is 13.9. The van der Waals surface area contributed by atoms with E-state index in [0.717, 1.165) is 31.7 Å². The number of nitrogens with zero attached hydrogens (tertiary/aromatic N) is 1. The lowest BCUT2D eigenvalue weighted by molar-refractivity contribution is -0.385. The third-order valence-electron chi connectivity index (χ3n) is 3.90. The summed E-state index contributed by atoms with van der Waals surface area (Å²) < 4.78 is 13.9. The monoisotopic (exact) mass is 282 g/mol. The van der Waals surface area contributed by atoms with Crippen molar-refractivity contribution in [1.29, 1.82) is 0 Å². The van der Waals surface area contributed by atoms with E-state index in [1.54, 1.807) is 0 Å². The number of anilines is 1. The zero-order valence-electron chi connectivity index (χ0n) is 11.0. The lowest BCUT2D eigenvalue weighted by atomic mass is 9.74. The highest BCUT2D eigenvalue weighted by Gasteiger charge is 2.36. The Hall–Kier alpha value is -2.18. The molecule has 6 nitrogen and oxygen atoms in total. The van der Waals surface area contributed by atoms with Crippen molar-refractivity contribution in [1.82, 2.24) is 0 Å². The smallest absolute Gasteiger partial charge is 0.342 e. The third-order valence-corrected chi connectivity index (χ3v) is 3.90. The van der Waals surface area contributed by atoms with Crippen molar-refractivity contribution in [2.24, 2.45) is 0 Å². The van der Waals surface area contributed by atoms with E-state index in [4.69, 9.17) is 5.11 Å². The highest BCUT2D eigenvalue weighted by Crippen LogP contribution is 2.39. The molecule has 1 aromatic carbocycles. The van der Waals surface area contributed by atoms with Gasteiger partial charge in [0.15, 0.2) is 5.82 Å². The molecule has 0 atom stereocenters. The van der Waals surface area contributed by atoms with E-state index >= 15 is 0 Å². The lowest BCUT2D eigenvalue weighted by Gasteiger charge is -2.43. The first kappa shape index (κ1) is 14.2. The van der Waals surface area contributed by atoms with Crippen molar-refractivity contribution in [3.63, 3.8) is 0 Å². The fourth-order valence-electron chi connectivity index (χ4n) is 2.44. The van der Waals surface area contributed by atoms with Gasteiger partial charge in [-0.25, -0.2) is 9.18 Å². The van der Waals surface area contributed by atoms with Crippen molar-refractivity contribution >= 4 is 17.3 Å². The van der Waals surface area contributed by atoms with Crippen LogP contribution in [0.3, 0.4) is 0 Å². The number of nitro groups is 1. The number of hydrogen-bond donors (Lipinski definition) is 2. The number of benzene rings is 1. The minimum Gasteiger partial charge on any atom is -0.477 e. The Balaban J connectivity index is 2.41. The number of nitrogens with one attached hydrogen (secondary N) is 1. The molecule has 2 N–H and O–H groups in total. The summed E-state index contributed by atoms with van der Waals surface area (Å²) in [7, 11) is 0. The summed E-state index contributed by atoms with van der Waals surface area (Å²) in [6, 6.07) is 1.67. The Morgan fingerprint density at radius 2 is 2.20 bits per heavy atom. The van der Waals surface area contributed by atoms with Gasteiger partial charge in [-0.05, 0) is 31.7 Å². The van der Waals surface area contributed by atoms with Gasteiger partial charge in [-0.15, -0.1) is 0 Å². The molecule has 0 amide bonds. The van der Waals surface area contributed by atoms with Gasteiger partial charge < -0.3 is 10.4 Å². The molecule has 20 heavy (non-hydrogen) atoms. The van der Waals surface area contributed by atoms with Crippen LogP contribution in [-0.4, -0.2) is 21.5 Å². The van der Waals surface area contributed by atoms with Crippen molar-refractivity contribution in [3.05, 3.63) is 33.6 Å². The molecule has 1 saturated carbocycles. The summed E-state index contributed by atoms with van der Waals surface area (Å²) in [5.74, 6) is -2.25. The average molecular weight is 282 g/mol. The molecule has 0 aliphatic heterocycles. The fourth-order valence-corrected chi connectivity index (χ4v) is 2.44. The largest absolute Gasteiger partial charge is 0.477 e. The second-order valence-corrected chi connectivity index (χ2v) is 5.02. The summed E-state index contributed by atoms with van der Waals surface area (Å²) in [6.45, 7) is 1.97. The van der Waals surface area contributed by atoms with Gasteiger partial charge in [0.25, 0.3) is 5.69 Å². The minimum absolute atomic E-state index is 0.00884. The Kier molecular flexibility index (Phi) is 3.61. The first-order valence-corrected chi connectivity index (χ1v) is 6.38. The summed E-state index contributed by atoms with van der Waals surface area (Å²) in [5.41, 5.74) is -1.47. The van der Waals surface area contributed by atoms with E-state index in [-0.39, 0.29) is 11.2 Å². The first-order chi connectivity index (χ1) is 9.38. The number of carbonyl (C=O) groups is 1. The van der Waals surface area contributed by atoms with E-state index in [0.29, 0.717) is 6.07 Å². The van der Waals surface area contributed by atoms with E-state index in [1.165, 1.54) is 0 Å². The van der Waals surface area contributed by atoms with Crippen LogP contribution in [0.25, 0.3) is 0 Å². The van der Waals surface area contributed by atoms with Gasteiger partial charge in [0.1, 0.15) is 5.56 Å². The Bertz CT molecular complexity index is 564. The minimum atomic E-state index is -1.45. The van der Waals surface area contributed by atoms with Crippen LogP contribution in [0.1, 0.15) is 43.0 Å². The molecule has 1 aliphatic rings. The van der Waals surface area contributed by atoms with Crippen LogP contribution in [0.4, 0.5) is 15.8 Å². The van der Waals surface area contributed by atoms with Gasteiger partial charge in [0.05, 0.1) is 16.7 Å². The molecule has 1 fully saturated rings. The van der Waals surface area contributed by atoms with Crippen molar-refractivity contribution in [2.45, 2.75) is 38.1 Å². The second kappa shape index (κ2) is 5.07. The summed E-state index contributed by atoms with van der Waals surface area (Å²) >= 11 is 0. The molecule has 1 aliphatic carbocycles. The Morgan fingerprint density at radius 1 is 1.55 bits per heavy atom. The van der Waals surface area contributed by atoms with Crippen LogP contribution in [-0.2, 0) is 0 Å². The van der Waals surface area contributed by atoms with Gasteiger partial charge >= 0.3 is 5.97 Å². The molecule has 0 heterocycles.